The van der Waals surface area contributed by atoms with Crippen LogP contribution in [0, 0.1) is 5.82 Å². The third-order valence-corrected chi connectivity index (χ3v) is 5.80. The van der Waals surface area contributed by atoms with Crippen molar-refractivity contribution in [2.75, 3.05) is 51.7 Å². The second kappa shape index (κ2) is 9.27. The second-order valence-corrected chi connectivity index (χ2v) is 7.89. The molecule has 0 saturated carbocycles. The molecule has 0 bridgehead atoms. The Labute approximate surface area is 167 Å². The first-order valence-electron chi connectivity index (χ1n) is 9.47. The van der Waals surface area contributed by atoms with E-state index >= 15 is 0 Å². The van der Waals surface area contributed by atoms with Crippen LogP contribution in [0.4, 0.5) is 9.39 Å². The molecule has 1 aromatic heterocycles. The minimum absolute atomic E-state index is 0.118. The average Bonchev–Trinajstić information content (AvgIpc) is 3.08. The lowest BCUT2D eigenvalue weighted by Gasteiger charge is -2.26. The van der Waals surface area contributed by atoms with Gasteiger partial charge in [0.15, 0.2) is 6.54 Å². The molecule has 1 aromatic carbocycles. The van der Waals surface area contributed by atoms with Gasteiger partial charge >= 0.3 is 5.97 Å². The van der Waals surface area contributed by atoms with Crippen molar-refractivity contribution in [3.05, 3.63) is 41.0 Å². The van der Waals surface area contributed by atoms with Crippen LogP contribution in [0.15, 0.2) is 29.6 Å². The zero-order valence-corrected chi connectivity index (χ0v) is 17.0. The van der Waals surface area contributed by atoms with Gasteiger partial charge in [-0.2, -0.15) is 0 Å². The largest absolute Gasteiger partial charge is 0.462 e. The van der Waals surface area contributed by atoms with E-state index < -0.39 is 5.97 Å². The summed E-state index contributed by atoms with van der Waals surface area (Å²) < 4.78 is 18.4. The summed E-state index contributed by atoms with van der Waals surface area (Å²) in [5.41, 5.74) is 1.66. The quantitative estimate of drug-likeness (QED) is 0.595. The number of carbonyl (C=O) groups is 2. The molecule has 1 fully saturated rings. The molecule has 2 aromatic rings. The summed E-state index contributed by atoms with van der Waals surface area (Å²) in [6.45, 7) is 6.34. The summed E-state index contributed by atoms with van der Waals surface area (Å²) in [6, 6.07) is 5.92. The van der Waals surface area contributed by atoms with Crippen LogP contribution in [0.2, 0.25) is 0 Å². The lowest BCUT2D eigenvalue weighted by Crippen LogP contribution is -3.27. The van der Waals surface area contributed by atoms with Crippen LogP contribution in [0.3, 0.4) is 0 Å². The zero-order valence-electron chi connectivity index (χ0n) is 16.1. The number of anilines is 1. The minimum Gasteiger partial charge on any atom is -0.462 e. The number of hydrogen-bond donors (Lipinski definition) is 3. The predicted molar refractivity (Wildman–Crippen MR) is 106 cm³/mol. The molecule has 0 radical (unpaired) electrons. The highest BCUT2D eigenvalue weighted by Gasteiger charge is 2.26. The van der Waals surface area contributed by atoms with E-state index in [4.69, 9.17) is 4.74 Å². The van der Waals surface area contributed by atoms with Gasteiger partial charge in [0.1, 0.15) is 42.6 Å². The van der Waals surface area contributed by atoms with Crippen molar-refractivity contribution >= 4 is 28.2 Å². The number of likely N-dealkylation sites (N-methyl/N-ethyl adjacent to an activating group) is 1. The van der Waals surface area contributed by atoms with E-state index in [1.54, 1.807) is 24.4 Å². The lowest BCUT2D eigenvalue weighted by molar-refractivity contribution is -0.999. The Morgan fingerprint density at radius 2 is 1.86 bits per heavy atom. The highest BCUT2D eigenvalue weighted by molar-refractivity contribution is 7.15. The molecular weight excluding hydrogens is 381 g/mol. The molecule has 1 aliphatic rings. The molecule has 150 valence electrons. The average molecular weight is 408 g/mol. The fraction of sp³-hybridized carbons (Fsp3) is 0.400. The zero-order chi connectivity index (χ0) is 20.1. The van der Waals surface area contributed by atoms with Gasteiger partial charge in [-0.25, -0.2) is 9.18 Å². The molecule has 28 heavy (non-hydrogen) atoms. The van der Waals surface area contributed by atoms with E-state index in [0.29, 0.717) is 28.2 Å². The molecule has 8 heteroatoms. The van der Waals surface area contributed by atoms with Gasteiger partial charge in [-0.3, -0.25) is 4.79 Å². The van der Waals surface area contributed by atoms with Gasteiger partial charge in [0.25, 0.3) is 5.91 Å². The van der Waals surface area contributed by atoms with Crippen LogP contribution in [0.1, 0.15) is 17.3 Å². The topological polar surface area (TPSA) is 64.3 Å². The van der Waals surface area contributed by atoms with E-state index in [9.17, 15) is 14.0 Å². The molecule has 1 saturated heterocycles. The summed E-state index contributed by atoms with van der Waals surface area (Å²) in [5, 5.41) is 5.15. The van der Waals surface area contributed by atoms with E-state index in [-0.39, 0.29) is 18.3 Å². The van der Waals surface area contributed by atoms with Crippen LogP contribution in [-0.4, -0.2) is 58.3 Å². The first-order valence-corrected chi connectivity index (χ1v) is 10.3. The smallest absolute Gasteiger partial charge is 0.341 e. The molecule has 1 amide bonds. The normalized spacial score (nSPS) is 19.2. The van der Waals surface area contributed by atoms with Gasteiger partial charge in [-0.1, -0.05) is 12.1 Å². The van der Waals surface area contributed by atoms with Crippen molar-refractivity contribution in [2.24, 2.45) is 0 Å². The minimum atomic E-state index is -0.492. The van der Waals surface area contributed by atoms with Crippen molar-refractivity contribution in [2.45, 2.75) is 6.92 Å². The monoisotopic (exact) mass is 407 g/mol. The molecule has 6 nitrogen and oxygen atoms in total. The fourth-order valence-electron chi connectivity index (χ4n) is 3.30. The predicted octanol–water partition coefficient (Wildman–Crippen LogP) is 0.0826. The molecule has 2 heterocycles. The van der Waals surface area contributed by atoms with E-state index in [0.717, 1.165) is 26.2 Å². The highest BCUT2D eigenvalue weighted by atomic mass is 32.1. The Kier molecular flexibility index (Phi) is 6.77. The number of benzene rings is 1. The number of carbonyl (C=O) groups excluding carboxylic acids is 2. The van der Waals surface area contributed by atoms with E-state index in [1.807, 2.05) is 0 Å². The third-order valence-electron chi connectivity index (χ3n) is 4.90. The van der Waals surface area contributed by atoms with Crippen molar-refractivity contribution in [3.8, 4) is 11.1 Å². The van der Waals surface area contributed by atoms with Gasteiger partial charge in [0.2, 0.25) is 0 Å². The van der Waals surface area contributed by atoms with Crippen molar-refractivity contribution in [3.63, 3.8) is 0 Å². The Morgan fingerprint density at radius 1 is 1.18 bits per heavy atom. The van der Waals surface area contributed by atoms with Crippen LogP contribution in [-0.2, 0) is 9.53 Å². The number of halogens is 1. The fourth-order valence-corrected chi connectivity index (χ4v) is 4.28. The molecule has 0 unspecified atom stereocenters. The molecule has 0 atom stereocenters. The number of esters is 1. The summed E-state index contributed by atoms with van der Waals surface area (Å²) in [4.78, 5) is 27.8. The summed E-state index contributed by atoms with van der Waals surface area (Å²) in [7, 11) is 2.16. The van der Waals surface area contributed by atoms with E-state index in [2.05, 4.69) is 12.4 Å². The van der Waals surface area contributed by atoms with Gasteiger partial charge < -0.3 is 19.9 Å². The number of amides is 1. The Balaban J connectivity index is 1.79. The molecule has 1 aliphatic heterocycles. The maximum atomic E-state index is 13.3. The van der Waals surface area contributed by atoms with Crippen LogP contribution >= 0.6 is 11.3 Å². The van der Waals surface area contributed by atoms with Crippen molar-refractivity contribution in [1.82, 2.24) is 0 Å². The number of piperazine rings is 1. The number of hydrogen-bond acceptors (Lipinski definition) is 4. The number of ether oxygens (including phenoxy) is 1. The van der Waals surface area contributed by atoms with Gasteiger partial charge in [0.05, 0.1) is 13.7 Å². The van der Waals surface area contributed by atoms with Crippen LogP contribution in [0.25, 0.3) is 11.1 Å². The molecule has 0 aliphatic carbocycles. The highest BCUT2D eigenvalue weighted by Crippen LogP contribution is 2.36. The van der Waals surface area contributed by atoms with Crippen molar-refractivity contribution < 1.29 is 28.5 Å². The van der Waals surface area contributed by atoms with Crippen LogP contribution in [0.5, 0.6) is 0 Å². The molecule has 3 rings (SSSR count). The standard InChI is InChI=1S/C20H24FN3O3S/c1-3-27-20(26)18-16(14-4-6-15(21)7-5-14)13-28-19(18)22-17(25)12-24-10-8-23(2)9-11-24/h4-7,13H,3,8-12H2,1-2H3,(H,22,25)/p+2. The van der Waals surface area contributed by atoms with E-state index in [1.165, 1.54) is 33.3 Å². The molecule has 0 spiro atoms. The van der Waals surface area contributed by atoms with Crippen LogP contribution < -0.4 is 15.1 Å². The first kappa shape index (κ1) is 20.4. The second-order valence-electron chi connectivity index (χ2n) is 7.01. The molecule has 3 N–H and O–H groups in total. The number of quaternary nitrogens is 2. The Hall–Kier alpha value is -2.29. The summed E-state index contributed by atoms with van der Waals surface area (Å²) in [5.74, 6) is -0.955. The molecular formula is C20H26FN3O3S+2. The van der Waals surface area contributed by atoms with Gasteiger partial charge in [0, 0.05) is 10.9 Å². The number of rotatable bonds is 6. The SMILES string of the molecule is CCOC(=O)c1c(-c2ccc(F)cc2)csc1NC(=O)C[NH+]1CC[NH+](C)CC1. The first-order chi connectivity index (χ1) is 13.5. The maximum Gasteiger partial charge on any atom is 0.341 e. The number of thiophene rings is 1. The van der Waals surface area contributed by atoms with Gasteiger partial charge in [-0.15, -0.1) is 11.3 Å². The van der Waals surface area contributed by atoms with Gasteiger partial charge in [-0.05, 0) is 24.6 Å². The Bertz CT molecular complexity index is 830. The summed E-state index contributed by atoms with van der Waals surface area (Å²) >= 11 is 1.28. The summed E-state index contributed by atoms with van der Waals surface area (Å²) in [6.07, 6.45) is 0. The maximum absolute atomic E-state index is 13.3. The third kappa shape index (κ3) is 4.95. The lowest BCUT2D eigenvalue weighted by atomic mass is 10.0. The Morgan fingerprint density at radius 3 is 2.50 bits per heavy atom. The number of nitrogens with one attached hydrogen (secondary N) is 3. The van der Waals surface area contributed by atoms with Crippen molar-refractivity contribution in [1.29, 1.82) is 0 Å².